The quantitative estimate of drug-likeness (QED) is 0.545. The van der Waals surface area contributed by atoms with E-state index in [1.165, 1.54) is 16.2 Å². The first-order valence-corrected chi connectivity index (χ1v) is 8.44. The molecule has 2 aromatic rings. The van der Waals surface area contributed by atoms with Crippen molar-refractivity contribution in [1.29, 1.82) is 0 Å². The second-order valence-electron chi connectivity index (χ2n) is 5.30. The van der Waals surface area contributed by atoms with Gasteiger partial charge >= 0.3 is 5.97 Å². The van der Waals surface area contributed by atoms with Gasteiger partial charge < -0.3 is 9.64 Å². The van der Waals surface area contributed by atoms with Crippen LogP contribution in [-0.2, 0) is 20.9 Å². The van der Waals surface area contributed by atoms with Crippen LogP contribution in [0.3, 0.4) is 0 Å². The maximum atomic E-state index is 12.0. The van der Waals surface area contributed by atoms with Crippen LogP contribution >= 0.6 is 11.3 Å². The molecule has 1 aromatic carbocycles. The fourth-order valence-corrected chi connectivity index (χ4v) is 2.74. The summed E-state index contributed by atoms with van der Waals surface area (Å²) in [7, 11) is 1.66. The molecule has 0 aliphatic rings. The molecule has 0 N–H and O–H groups in total. The molecule has 0 fully saturated rings. The number of Topliss-reactive ketones (excluding diaryl/α,β-unsaturated/α-hetero) is 1. The summed E-state index contributed by atoms with van der Waals surface area (Å²) in [6.45, 7) is 0.142. The second-order valence-corrected chi connectivity index (χ2v) is 6.24. The van der Waals surface area contributed by atoms with E-state index in [1.54, 1.807) is 19.2 Å². The Morgan fingerprint density at radius 2 is 1.79 bits per heavy atom. The highest BCUT2D eigenvalue weighted by Gasteiger charge is 2.14. The average Bonchev–Trinajstić information content (AvgIpc) is 3.13. The molecule has 6 heteroatoms. The first-order valence-electron chi connectivity index (χ1n) is 7.56. The largest absolute Gasteiger partial charge is 0.456 e. The summed E-state index contributed by atoms with van der Waals surface area (Å²) in [5.74, 6) is -0.910. The zero-order valence-corrected chi connectivity index (χ0v) is 14.3. The number of carbonyl (C=O) groups excluding carboxylic acids is 3. The zero-order chi connectivity index (χ0) is 17.4. The number of rotatable bonds is 8. The second kappa shape index (κ2) is 8.98. The predicted molar refractivity (Wildman–Crippen MR) is 91.8 cm³/mol. The van der Waals surface area contributed by atoms with E-state index in [4.69, 9.17) is 4.74 Å². The number of amides is 1. The molecule has 24 heavy (non-hydrogen) atoms. The van der Waals surface area contributed by atoms with Gasteiger partial charge in [0.1, 0.15) is 0 Å². The van der Waals surface area contributed by atoms with Crippen molar-refractivity contribution in [3.63, 3.8) is 0 Å². The molecule has 0 unspecified atom stereocenters. The first kappa shape index (κ1) is 17.9. The lowest BCUT2D eigenvalue weighted by Gasteiger charge is -2.17. The number of benzene rings is 1. The molecular formula is C18H19NO4S. The summed E-state index contributed by atoms with van der Waals surface area (Å²) in [6, 6.07) is 13.1. The highest BCUT2D eigenvalue weighted by atomic mass is 32.1. The SMILES string of the molecule is CN(Cc1ccccc1)C(=O)COC(=O)CCC(=O)c1cccs1. The van der Waals surface area contributed by atoms with Crippen molar-refractivity contribution in [2.75, 3.05) is 13.7 Å². The third-order valence-corrected chi connectivity index (χ3v) is 4.31. The monoisotopic (exact) mass is 345 g/mol. The molecule has 0 bridgehead atoms. The van der Waals surface area contributed by atoms with E-state index in [9.17, 15) is 14.4 Å². The lowest BCUT2D eigenvalue weighted by molar-refractivity contribution is -0.151. The molecule has 0 aliphatic carbocycles. The van der Waals surface area contributed by atoms with Gasteiger partial charge in [-0.25, -0.2) is 0 Å². The third-order valence-electron chi connectivity index (χ3n) is 3.40. The van der Waals surface area contributed by atoms with Gasteiger partial charge in [0.15, 0.2) is 12.4 Å². The van der Waals surface area contributed by atoms with E-state index < -0.39 is 5.97 Å². The van der Waals surface area contributed by atoms with Crippen molar-refractivity contribution in [3.05, 3.63) is 58.3 Å². The van der Waals surface area contributed by atoms with Gasteiger partial charge in [0.25, 0.3) is 5.91 Å². The Morgan fingerprint density at radius 1 is 1.04 bits per heavy atom. The van der Waals surface area contributed by atoms with Gasteiger partial charge in [-0.05, 0) is 17.0 Å². The van der Waals surface area contributed by atoms with Crippen LogP contribution in [-0.4, -0.2) is 36.2 Å². The van der Waals surface area contributed by atoms with E-state index in [-0.39, 0.29) is 31.1 Å². The van der Waals surface area contributed by atoms with Crippen LogP contribution < -0.4 is 0 Å². The third kappa shape index (κ3) is 5.62. The fourth-order valence-electron chi connectivity index (χ4n) is 2.05. The molecule has 5 nitrogen and oxygen atoms in total. The van der Waals surface area contributed by atoms with Crippen molar-refractivity contribution in [3.8, 4) is 0 Å². The standard InChI is InChI=1S/C18H19NO4S/c1-19(12-14-6-3-2-4-7-14)17(21)13-23-18(22)10-9-15(20)16-8-5-11-24-16/h2-8,11H,9-10,12-13H2,1H3. The Kier molecular flexibility index (Phi) is 6.69. The van der Waals surface area contributed by atoms with Crippen molar-refractivity contribution < 1.29 is 19.1 Å². The van der Waals surface area contributed by atoms with E-state index in [0.717, 1.165) is 5.56 Å². The molecule has 0 radical (unpaired) electrons. The van der Waals surface area contributed by atoms with Crippen LogP contribution in [0.25, 0.3) is 0 Å². The highest BCUT2D eigenvalue weighted by Crippen LogP contribution is 2.12. The number of carbonyl (C=O) groups is 3. The minimum absolute atomic E-state index is 0.0214. The summed E-state index contributed by atoms with van der Waals surface area (Å²) in [5, 5.41) is 1.81. The smallest absolute Gasteiger partial charge is 0.306 e. The van der Waals surface area contributed by atoms with Crippen molar-refractivity contribution in [2.45, 2.75) is 19.4 Å². The number of thiophene rings is 1. The molecule has 126 valence electrons. The van der Waals surface area contributed by atoms with Crippen LogP contribution in [0, 0.1) is 0 Å². The Labute approximate surface area is 144 Å². The lowest BCUT2D eigenvalue weighted by Crippen LogP contribution is -2.30. The molecule has 0 saturated carbocycles. The molecule has 1 aromatic heterocycles. The normalized spacial score (nSPS) is 10.2. The Bertz CT molecular complexity index is 682. The minimum atomic E-state index is -0.540. The Morgan fingerprint density at radius 3 is 2.46 bits per heavy atom. The maximum Gasteiger partial charge on any atom is 0.306 e. The highest BCUT2D eigenvalue weighted by molar-refractivity contribution is 7.12. The van der Waals surface area contributed by atoms with Gasteiger partial charge in [-0.2, -0.15) is 0 Å². The topological polar surface area (TPSA) is 63.7 Å². The fraction of sp³-hybridized carbons (Fsp3) is 0.278. The van der Waals surface area contributed by atoms with Crippen LogP contribution in [0.1, 0.15) is 28.1 Å². The average molecular weight is 345 g/mol. The molecular weight excluding hydrogens is 326 g/mol. The van der Waals surface area contributed by atoms with Gasteiger partial charge in [-0.15, -0.1) is 11.3 Å². The number of likely N-dealkylation sites (N-methyl/N-ethyl adjacent to an activating group) is 1. The summed E-state index contributed by atoms with van der Waals surface area (Å²) >= 11 is 1.34. The van der Waals surface area contributed by atoms with Crippen molar-refractivity contribution in [2.24, 2.45) is 0 Å². The molecule has 2 rings (SSSR count). The number of esters is 1. The predicted octanol–water partition coefficient (Wildman–Crippen LogP) is 2.91. The van der Waals surface area contributed by atoms with Crippen molar-refractivity contribution in [1.82, 2.24) is 4.90 Å². The first-order chi connectivity index (χ1) is 11.6. The molecule has 0 saturated heterocycles. The summed E-state index contributed by atoms with van der Waals surface area (Å²) in [5.41, 5.74) is 1.00. The molecule has 1 amide bonds. The van der Waals surface area contributed by atoms with Crippen LogP contribution in [0.5, 0.6) is 0 Å². The van der Waals surface area contributed by atoms with Gasteiger partial charge in [0.2, 0.25) is 0 Å². The van der Waals surface area contributed by atoms with Crippen LogP contribution in [0.2, 0.25) is 0 Å². The Hall–Kier alpha value is -2.47. The van der Waals surface area contributed by atoms with E-state index in [1.807, 2.05) is 35.7 Å². The van der Waals surface area contributed by atoms with Gasteiger partial charge in [0.05, 0.1) is 11.3 Å². The van der Waals surface area contributed by atoms with Gasteiger partial charge in [0, 0.05) is 20.0 Å². The minimum Gasteiger partial charge on any atom is -0.456 e. The van der Waals surface area contributed by atoms with E-state index in [2.05, 4.69) is 0 Å². The zero-order valence-electron chi connectivity index (χ0n) is 13.4. The van der Waals surface area contributed by atoms with Gasteiger partial charge in [-0.1, -0.05) is 36.4 Å². The Balaban J connectivity index is 1.69. The number of nitrogens with zero attached hydrogens (tertiary/aromatic N) is 1. The van der Waals surface area contributed by atoms with E-state index >= 15 is 0 Å². The number of hydrogen-bond donors (Lipinski definition) is 0. The van der Waals surface area contributed by atoms with Crippen molar-refractivity contribution >= 4 is 29.0 Å². The molecule has 1 heterocycles. The summed E-state index contributed by atoms with van der Waals surface area (Å²) < 4.78 is 4.95. The summed E-state index contributed by atoms with van der Waals surface area (Å²) in [4.78, 5) is 37.5. The van der Waals surface area contributed by atoms with Crippen LogP contribution in [0.4, 0.5) is 0 Å². The molecule has 0 spiro atoms. The summed E-state index contributed by atoms with van der Waals surface area (Å²) in [6.07, 6.45) is 0.0693. The van der Waals surface area contributed by atoms with Crippen LogP contribution in [0.15, 0.2) is 47.8 Å². The van der Waals surface area contributed by atoms with Gasteiger partial charge in [-0.3, -0.25) is 14.4 Å². The number of hydrogen-bond acceptors (Lipinski definition) is 5. The van der Waals surface area contributed by atoms with E-state index in [0.29, 0.717) is 11.4 Å². The lowest BCUT2D eigenvalue weighted by atomic mass is 10.2. The number of ether oxygens (including phenoxy) is 1. The number of ketones is 1. The molecule has 0 aliphatic heterocycles. The maximum absolute atomic E-state index is 12.0. The molecule has 0 atom stereocenters.